The Bertz CT molecular complexity index is 1030. The highest BCUT2D eigenvalue weighted by Crippen LogP contribution is 2.26. The Balaban J connectivity index is 1.53. The number of para-hydroxylation sites is 1. The monoisotopic (exact) mass is 403 g/mol. The lowest BCUT2D eigenvalue weighted by Crippen LogP contribution is -2.35. The summed E-state index contributed by atoms with van der Waals surface area (Å²) < 4.78 is 5.28. The van der Waals surface area contributed by atoms with Crippen molar-refractivity contribution in [2.45, 2.75) is 26.2 Å². The summed E-state index contributed by atoms with van der Waals surface area (Å²) in [6, 6.07) is 17.8. The van der Waals surface area contributed by atoms with Gasteiger partial charge >= 0.3 is 0 Å². The van der Waals surface area contributed by atoms with Crippen LogP contribution < -0.4 is 15.0 Å². The Labute approximate surface area is 178 Å². The first-order valence-electron chi connectivity index (χ1n) is 10.7. The minimum atomic E-state index is -0.0530. The van der Waals surface area contributed by atoms with Gasteiger partial charge in [0.05, 0.1) is 18.2 Å². The first kappa shape index (κ1) is 20.2. The van der Waals surface area contributed by atoms with Gasteiger partial charge < -0.3 is 15.0 Å². The summed E-state index contributed by atoms with van der Waals surface area (Å²) in [4.78, 5) is 20.3. The highest BCUT2D eigenvalue weighted by Gasteiger charge is 2.20. The van der Waals surface area contributed by atoms with E-state index in [4.69, 9.17) is 9.72 Å². The van der Waals surface area contributed by atoms with Gasteiger partial charge in [0.1, 0.15) is 11.6 Å². The van der Waals surface area contributed by atoms with E-state index in [9.17, 15) is 4.79 Å². The molecule has 0 unspecified atom stereocenters. The molecule has 1 aliphatic heterocycles. The molecule has 1 amide bonds. The van der Waals surface area contributed by atoms with Crippen LogP contribution >= 0.6 is 0 Å². The van der Waals surface area contributed by atoms with Crippen LogP contribution in [0.5, 0.6) is 5.75 Å². The fourth-order valence-corrected chi connectivity index (χ4v) is 4.15. The van der Waals surface area contributed by atoms with Crippen molar-refractivity contribution >= 4 is 22.6 Å². The van der Waals surface area contributed by atoms with Crippen molar-refractivity contribution in [1.29, 1.82) is 0 Å². The van der Waals surface area contributed by atoms with Crippen LogP contribution in [0.15, 0.2) is 54.6 Å². The minimum Gasteiger partial charge on any atom is -0.497 e. The molecule has 0 radical (unpaired) electrons. The van der Waals surface area contributed by atoms with Crippen LogP contribution in [-0.2, 0) is 6.42 Å². The van der Waals surface area contributed by atoms with E-state index < -0.39 is 0 Å². The molecule has 0 aliphatic carbocycles. The molecule has 1 fully saturated rings. The van der Waals surface area contributed by atoms with E-state index in [-0.39, 0.29) is 5.91 Å². The van der Waals surface area contributed by atoms with Gasteiger partial charge in [-0.15, -0.1) is 0 Å². The molecule has 5 heteroatoms. The zero-order valence-electron chi connectivity index (χ0n) is 17.7. The number of hydrogen-bond donors (Lipinski definition) is 1. The van der Waals surface area contributed by atoms with Gasteiger partial charge in [0.2, 0.25) is 0 Å². The Morgan fingerprint density at radius 1 is 1.20 bits per heavy atom. The molecule has 2 aromatic carbocycles. The molecule has 0 spiro atoms. The van der Waals surface area contributed by atoms with E-state index in [1.165, 1.54) is 6.42 Å². The Morgan fingerprint density at radius 2 is 2.07 bits per heavy atom. The maximum absolute atomic E-state index is 13.1. The van der Waals surface area contributed by atoms with Crippen molar-refractivity contribution in [2.75, 3.05) is 31.6 Å². The number of ether oxygens (including phenoxy) is 1. The van der Waals surface area contributed by atoms with Gasteiger partial charge in [0.25, 0.3) is 5.91 Å². The van der Waals surface area contributed by atoms with E-state index in [0.717, 1.165) is 54.0 Å². The number of aromatic nitrogens is 1. The number of nitrogens with one attached hydrogen (secondary N) is 1. The molecule has 1 aromatic heterocycles. The first-order valence-corrected chi connectivity index (χ1v) is 10.7. The van der Waals surface area contributed by atoms with Gasteiger partial charge in [-0.25, -0.2) is 4.98 Å². The molecule has 5 nitrogen and oxygen atoms in total. The maximum Gasteiger partial charge on any atom is 0.252 e. The lowest BCUT2D eigenvalue weighted by molar-refractivity contribution is 0.0955. The first-order chi connectivity index (χ1) is 14.6. The molecular weight excluding hydrogens is 374 g/mol. The van der Waals surface area contributed by atoms with Gasteiger partial charge in [-0.1, -0.05) is 37.3 Å². The van der Waals surface area contributed by atoms with Crippen LogP contribution in [0.3, 0.4) is 0 Å². The number of benzene rings is 2. The van der Waals surface area contributed by atoms with Crippen molar-refractivity contribution in [1.82, 2.24) is 10.3 Å². The van der Waals surface area contributed by atoms with E-state index in [0.29, 0.717) is 18.0 Å². The summed E-state index contributed by atoms with van der Waals surface area (Å²) in [5.74, 6) is 2.33. The van der Waals surface area contributed by atoms with E-state index in [1.807, 2.05) is 54.6 Å². The number of piperidine rings is 1. The lowest BCUT2D eigenvalue weighted by Gasteiger charge is -2.32. The molecule has 1 aliphatic rings. The van der Waals surface area contributed by atoms with Crippen molar-refractivity contribution in [3.05, 3.63) is 65.7 Å². The summed E-state index contributed by atoms with van der Waals surface area (Å²) >= 11 is 0. The molecule has 30 heavy (non-hydrogen) atoms. The Morgan fingerprint density at radius 3 is 2.90 bits per heavy atom. The maximum atomic E-state index is 13.1. The molecule has 2 heterocycles. The van der Waals surface area contributed by atoms with Crippen LogP contribution in [0.2, 0.25) is 0 Å². The van der Waals surface area contributed by atoms with E-state index in [2.05, 4.69) is 17.1 Å². The topological polar surface area (TPSA) is 54.5 Å². The van der Waals surface area contributed by atoms with Crippen LogP contribution in [0.25, 0.3) is 10.9 Å². The summed E-state index contributed by atoms with van der Waals surface area (Å²) in [5.41, 5.74) is 2.70. The van der Waals surface area contributed by atoms with Gasteiger partial charge in [-0.05, 0) is 55.0 Å². The van der Waals surface area contributed by atoms with Crippen molar-refractivity contribution < 1.29 is 9.53 Å². The number of anilines is 1. The molecule has 0 bridgehead atoms. The van der Waals surface area contributed by atoms with E-state index >= 15 is 0 Å². The number of hydrogen-bond acceptors (Lipinski definition) is 4. The highest BCUT2D eigenvalue weighted by molar-refractivity contribution is 6.07. The molecule has 156 valence electrons. The number of pyridine rings is 1. The third-order valence-corrected chi connectivity index (χ3v) is 5.76. The highest BCUT2D eigenvalue weighted by atomic mass is 16.5. The summed E-state index contributed by atoms with van der Waals surface area (Å²) in [5, 5.41) is 3.98. The molecular formula is C25H29N3O2. The summed E-state index contributed by atoms with van der Waals surface area (Å²) in [7, 11) is 1.66. The van der Waals surface area contributed by atoms with Crippen molar-refractivity contribution in [3.8, 4) is 5.75 Å². The molecule has 1 saturated heterocycles. The SMILES string of the molecule is COc1cccc(CCNC(=O)c2cc(N3CCC[C@H](C)C3)nc3ccccc23)c1. The zero-order valence-corrected chi connectivity index (χ0v) is 17.7. The quantitative estimate of drug-likeness (QED) is 0.661. The zero-order chi connectivity index (χ0) is 20.9. The van der Waals surface area contributed by atoms with Crippen LogP contribution in [-0.4, -0.2) is 37.6 Å². The second-order valence-electron chi connectivity index (χ2n) is 8.10. The average molecular weight is 404 g/mol. The number of fused-ring (bicyclic) bond motifs is 1. The van der Waals surface area contributed by atoms with Crippen molar-refractivity contribution in [3.63, 3.8) is 0 Å². The van der Waals surface area contributed by atoms with Gasteiger partial charge in [0, 0.05) is 25.0 Å². The molecule has 1 N–H and O–H groups in total. The third-order valence-electron chi connectivity index (χ3n) is 5.76. The molecule has 0 saturated carbocycles. The number of carbonyl (C=O) groups excluding carboxylic acids is 1. The Kier molecular flexibility index (Phi) is 6.17. The second-order valence-corrected chi connectivity index (χ2v) is 8.10. The molecule has 3 aromatic rings. The van der Waals surface area contributed by atoms with Gasteiger partial charge in [-0.3, -0.25) is 4.79 Å². The number of nitrogens with zero attached hydrogens (tertiary/aromatic N) is 2. The predicted octanol–water partition coefficient (Wildman–Crippen LogP) is 4.45. The van der Waals surface area contributed by atoms with Gasteiger partial charge in [0.15, 0.2) is 0 Å². The predicted molar refractivity (Wildman–Crippen MR) is 121 cm³/mol. The fraction of sp³-hybridized carbons (Fsp3) is 0.360. The number of methoxy groups -OCH3 is 1. The summed E-state index contributed by atoms with van der Waals surface area (Å²) in [6.45, 7) is 4.83. The molecule has 4 rings (SSSR count). The number of rotatable bonds is 6. The smallest absolute Gasteiger partial charge is 0.252 e. The second kappa shape index (κ2) is 9.16. The van der Waals surface area contributed by atoms with Crippen molar-refractivity contribution in [2.24, 2.45) is 5.92 Å². The van der Waals surface area contributed by atoms with E-state index in [1.54, 1.807) is 7.11 Å². The minimum absolute atomic E-state index is 0.0530. The summed E-state index contributed by atoms with van der Waals surface area (Å²) in [6.07, 6.45) is 3.17. The largest absolute Gasteiger partial charge is 0.497 e. The van der Waals surface area contributed by atoms with Crippen LogP contribution in [0.4, 0.5) is 5.82 Å². The normalized spacial score (nSPS) is 16.5. The third kappa shape index (κ3) is 4.56. The fourth-order valence-electron chi connectivity index (χ4n) is 4.15. The van der Waals surface area contributed by atoms with Crippen LogP contribution in [0, 0.1) is 5.92 Å². The lowest BCUT2D eigenvalue weighted by atomic mass is 10.00. The number of carbonyl (C=O) groups is 1. The van der Waals surface area contributed by atoms with Gasteiger partial charge in [-0.2, -0.15) is 0 Å². The Hall–Kier alpha value is -3.08. The molecule has 1 atom stereocenters. The number of amides is 1. The standard InChI is InChI=1S/C25H29N3O2/c1-18-7-6-14-28(17-18)24-16-22(21-10-3-4-11-23(21)27-24)25(29)26-13-12-19-8-5-9-20(15-19)30-2/h3-5,8-11,15-16,18H,6-7,12-14,17H2,1-2H3,(H,26,29)/t18-/m0/s1. The van der Waals surface area contributed by atoms with Crippen LogP contribution in [0.1, 0.15) is 35.7 Å². The average Bonchev–Trinajstić information content (AvgIpc) is 2.78.